The van der Waals surface area contributed by atoms with E-state index in [4.69, 9.17) is 0 Å². The molecule has 0 radical (unpaired) electrons. The lowest BCUT2D eigenvalue weighted by molar-refractivity contribution is 0.0451. The molecule has 0 aliphatic carbocycles. The van der Waals surface area contributed by atoms with Gasteiger partial charge in [-0.25, -0.2) is 4.79 Å². The molecule has 4 aromatic rings. The number of aromatic nitrogens is 1. The molecule has 5 rings (SSSR count). The number of hydrogen-bond acceptors (Lipinski definition) is 3. The molecule has 2 heterocycles. The molecular weight excluding hydrogens is 500 g/mol. The Hall–Kier alpha value is -4.52. The summed E-state index contributed by atoms with van der Waals surface area (Å²) in [5.74, 6) is -0.0833. The molecule has 1 aromatic heterocycles. The Labute approximate surface area is 235 Å². The van der Waals surface area contributed by atoms with Crippen molar-refractivity contribution in [1.29, 1.82) is 0 Å². The van der Waals surface area contributed by atoms with Gasteiger partial charge in [0.25, 0.3) is 5.91 Å². The van der Waals surface area contributed by atoms with Gasteiger partial charge in [0.1, 0.15) is 0 Å². The quantitative estimate of drug-likeness (QED) is 0.243. The second-order valence-corrected chi connectivity index (χ2v) is 10.2. The standard InChI is InChI=1S/C33H36N4O3/c1-2-3-19-34-29-16-10-11-17-30(29)37-20-18-28(31(37)26-14-8-5-9-15-26)32(38)36-22-21-35(33(39)40)24-27(36)23-25-12-6-4-7-13-25/h4-18,20,27,34H,2-3,19,21-24H2,1H3,(H,39,40). The number of carboxylic acid groups (broad SMARTS) is 1. The highest BCUT2D eigenvalue weighted by Gasteiger charge is 2.34. The van der Waals surface area contributed by atoms with Crippen LogP contribution >= 0.6 is 0 Å². The van der Waals surface area contributed by atoms with Gasteiger partial charge in [-0.1, -0.05) is 86.1 Å². The average Bonchev–Trinajstić information content (AvgIpc) is 3.43. The smallest absolute Gasteiger partial charge is 0.407 e. The minimum Gasteiger partial charge on any atom is -0.465 e. The molecule has 1 aliphatic heterocycles. The van der Waals surface area contributed by atoms with Gasteiger partial charge in [0.05, 0.1) is 28.7 Å². The Balaban J connectivity index is 1.54. The summed E-state index contributed by atoms with van der Waals surface area (Å²) >= 11 is 0. The van der Waals surface area contributed by atoms with Crippen molar-refractivity contribution < 1.29 is 14.7 Å². The molecule has 0 spiro atoms. The van der Waals surface area contributed by atoms with E-state index in [-0.39, 0.29) is 25.0 Å². The zero-order chi connectivity index (χ0) is 27.9. The van der Waals surface area contributed by atoms with Gasteiger partial charge in [0.2, 0.25) is 0 Å². The predicted molar refractivity (Wildman–Crippen MR) is 159 cm³/mol. The van der Waals surface area contributed by atoms with Gasteiger partial charge in [0, 0.05) is 32.4 Å². The van der Waals surface area contributed by atoms with Crippen LogP contribution in [0.25, 0.3) is 16.9 Å². The minimum absolute atomic E-state index is 0.0833. The molecule has 0 bridgehead atoms. The molecule has 1 atom stereocenters. The number of piperazine rings is 1. The number of rotatable bonds is 9. The number of benzene rings is 3. The number of anilines is 1. The Morgan fingerprint density at radius 2 is 1.60 bits per heavy atom. The van der Waals surface area contributed by atoms with Crippen molar-refractivity contribution in [3.63, 3.8) is 0 Å². The van der Waals surface area contributed by atoms with Crippen LogP contribution in [0.15, 0.2) is 97.2 Å². The molecular formula is C33H36N4O3. The summed E-state index contributed by atoms with van der Waals surface area (Å²) in [6.07, 6.45) is 3.78. The Morgan fingerprint density at radius 3 is 2.33 bits per heavy atom. The highest BCUT2D eigenvalue weighted by Crippen LogP contribution is 2.33. The number of nitrogens with one attached hydrogen (secondary N) is 1. The van der Waals surface area contributed by atoms with Crippen LogP contribution in [0, 0.1) is 0 Å². The van der Waals surface area contributed by atoms with Gasteiger partial charge in [0.15, 0.2) is 0 Å². The first kappa shape index (κ1) is 27.1. The van der Waals surface area contributed by atoms with E-state index < -0.39 is 6.09 Å². The number of nitrogens with zero attached hydrogens (tertiary/aromatic N) is 3. The van der Waals surface area contributed by atoms with Crippen LogP contribution in [0.1, 0.15) is 35.7 Å². The summed E-state index contributed by atoms with van der Waals surface area (Å²) in [5, 5.41) is 13.3. The van der Waals surface area contributed by atoms with Crippen molar-refractivity contribution in [2.24, 2.45) is 0 Å². The predicted octanol–water partition coefficient (Wildman–Crippen LogP) is 6.40. The number of amides is 2. The Kier molecular flexibility index (Phi) is 8.50. The maximum absolute atomic E-state index is 14.3. The first-order valence-electron chi connectivity index (χ1n) is 14.0. The van der Waals surface area contributed by atoms with E-state index in [1.54, 1.807) is 0 Å². The van der Waals surface area contributed by atoms with Gasteiger partial charge >= 0.3 is 6.09 Å². The average molecular weight is 537 g/mol. The van der Waals surface area contributed by atoms with Crippen LogP contribution in [0.3, 0.4) is 0 Å². The molecule has 1 unspecified atom stereocenters. The van der Waals surface area contributed by atoms with Gasteiger partial charge < -0.3 is 24.8 Å². The van der Waals surface area contributed by atoms with Gasteiger partial charge in [-0.05, 0) is 42.2 Å². The molecule has 7 nitrogen and oxygen atoms in total. The topological polar surface area (TPSA) is 77.8 Å². The van der Waals surface area contributed by atoms with E-state index >= 15 is 0 Å². The molecule has 3 aromatic carbocycles. The van der Waals surface area contributed by atoms with Crippen LogP contribution < -0.4 is 5.32 Å². The molecule has 1 aliphatic rings. The van der Waals surface area contributed by atoms with Crippen LogP contribution in [0.5, 0.6) is 0 Å². The summed E-state index contributed by atoms with van der Waals surface area (Å²) in [7, 11) is 0. The summed E-state index contributed by atoms with van der Waals surface area (Å²) in [6.45, 7) is 3.96. The van der Waals surface area contributed by atoms with Gasteiger partial charge in [-0.2, -0.15) is 0 Å². The van der Waals surface area contributed by atoms with Crippen molar-refractivity contribution in [1.82, 2.24) is 14.4 Å². The zero-order valence-corrected chi connectivity index (χ0v) is 22.9. The SMILES string of the molecule is CCCCNc1ccccc1-n1ccc(C(=O)N2CCN(C(=O)O)CC2Cc2ccccc2)c1-c1ccccc1. The van der Waals surface area contributed by atoms with Gasteiger partial charge in [-0.15, -0.1) is 0 Å². The largest absolute Gasteiger partial charge is 0.465 e. The third-order valence-electron chi connectivity index (χ3n) is 7.50. The van der Waals surface area contributed by atoms with E-state index in [9.17, 15) is 14.7 Å². The lowest BCUT2D eigenvalue weighted by Gasteiger charge is -2.40. The fourth-order valence-electron chi connectivity index (χ4n) is 5.44. The minimum atomic E-state index is -0.950. The van der Waals surface area contributed by atoms with E-state index in [0.717, 1.165) is 47.6 Å². The molecule has 40 heavy (non-hydrogen) atoms. The third-order valence-corrected chi connectivity index (χ3v) is 7.50. The lowest BCUT2D eigenvalue weighted by Crippen LogP contribution is -2.57. The number of carbonyl (C=O) groups excluding carboxylic acids is 1. The molecule has 2 amide bonds. The van der Waals surface area contributed by atoms with Crippen LogP contribution in [0.4, 0.5) is 10.5 Å². The maximum Gasteiger partial charge on any atom is 0.407 e. The third kappa shape index (κ3) is 5.88. The fraction of sp³-hybridized carbons (Fsp3) is 0.273. The Morgan fingerprint density at radius 1 is 0.900 bits per heavy atom. The van der Waals surface area contributed by atoms with Crippen molar-refractivity contribution in [3.05, 3.63) is 108 Å². The zero-order valence-electron chi connectivity index (χ0n) is 22.9. The second kappa shape index (κ2) is 12.6. The summed E-state index contributed by atoms with van der Waals surface area (Å²) in [6, 6.07) is 29.7. The van der Waals surface area contributed by atoms with Crippen molar-refractivity contribution in [2.75, 3.05) is 31.5 Å². The van der Waals surface area contributed by atoms with E-state index in [1.165, 1.54) is 4.90 Å². The fourth-order valence-corrected chi connectivity index (χ4v) is 5.44. The van der Waals surface area contributed by atoms with Crippen LogP contribution in [-0.2, 0) is 6.42 Å². The van der Waals surface area contributed by atoms with E-state index in [0.29, 0.717) is 18.5 Å². The number of para-hydroxylation sites is 2. The summed E-state index contributed by atoms with van der Waals surface area (Å²) < 4.78 is 2.09. The highest BCUT2D eigenvalue weighted by atomic mass is 16.4. The van der Waals surface area contributed by atoms with E-state index in [2.05, 4.69) is 28.9 Å². The monoisotopic (exact) mass is 536 g/mol. The molecule has 2 N–H and O–H groups in total. The number of unbranched alkanes of at least 4 members (excludes halogenated alkanes) is 1. The molecule has 1 fully saturated rings. The normalized spacial score (nSPS) is 15.2. The van der Waals surface area contributed by atoms with Crippen LogP contribution in [0.2, 0.25) is 0 Å². The first-order valence-corrected chi connectivity index (χ1v) is 14.0. The Bertz CT molecular complexity index is 1430. The number of hydrogen-bond donors (Lipinski definition) is 2. The lowest BCUT2D eigenvalue weighted by atomic mass is 10.00. The molecule has 7 heteroatoms. The van der Waals surface area contributed by atoms with Crippen LogP contribution in [-0.4, -0.2) is 63.7 Å². The van der Waals surface area contributed by atoms with Crippen molar-refractivity contribution in [2.45, 2.75) is 32.2 Å². The van der Waals surface area contributed by atoms with E-state index in [1.807, 2.05) is 90.0 Å². The molecule has 206 valence electrons. The summed E-state index contributed by atoms with van der Waals surface area (Å²) in [4.78, 5) is 29.5. The van der Waals surface area contributed by atoms with Crippen molar-refractivity contribution in [3.8, 4) is 16.9 Å². The second-order valence-electron chi connectivity index (χ2n) is 10.2. The number of carbonyl (C=O) groups is 2. The maximum atomic E-state index is 14.3. The molecule has 0 saturated carbocycles. The van der Waals surface area contributed by atoms with Crippen molar-refractivity contribution >= 4 is 17.7 Å². The summed E-state index contributed by atoms with van der Waals surface area (Å²) in [5.41, 5.74) is 5.45. The highest BCUT2D eigenvalue weighted by molar-refractivity contribution is 6.01. The first-order chi connectivity index (χ1) is 19.6. The molecule has 1 saturated heterocycles. The van der Waals surface area contributed by atoms with Gasteiger partial charge in [-0.3, -0.25) is 4.79 Å².